The third-order valence-corrected chi connectivity index (χ3v) is 8.75. The van der Waals surface area contributed by atoms with Gasteiger partial charge in [-0.2, -0.15) is 0 Å². The molecule has 4 N–H and O–H groups in total. The van der Waals surface area contributed by atoms with Crippen molar-refractivity contribution in [1.82, 2.24) is 15.5 Å². The quantitative estimate of drug-likeness (QED) is 0.413. The summed E-state index contributed by atoms with van der Waals surface area (Å²) in [5, 5.41) is 5.50. The first kappa shape index (κ1) is 25.4. The van der Waals surface area contributed by atoms with Crippen molar-refractivity contribution in [2.24, 2.45) is 34.8 Å². The SMILES string of the molecule is COC(=O)NC(C(=O)N1CC2C(C1C(=O)NC(CC1CC1)C(=O)C(N)=O)C2(C)C)C1CCCCC1. The first-order chi connectivity index (χ1) is 16.6. The minimum absolute atomic E-state index is 0.0250. The standard InChI is InChI=1S/C25H38N4O6/c1-25(2)15-12-29(23(33)18(28-24(34)35-3)14-7-5-4-6-8-14)19(17(15)25)22(32)27-16(11-13-9-10-13)20(30)21(26)31/h13-19H,4-12H2,1-3H3,(H2,26,31)(H,27,32)(H,28,34). The minimum Gasteiger partial charge on any atom is -0.453 e. The number of likely N-dealkylation sites (tertiary alicyclic amines) is 1. The van der Waals surface area contributed by atoms with E-state index in [1.807, 2.05) is 0 Å². The number of nitrogens with two attached hydrogens (primary N) is 1. The normalized spacial score (nSPS) is 28.9. The molecule has 194 valence electrons. The van der Waals surface area contributed by atoms with Gasteiger partial charge in [-0.15, -0.1) is 0 Å². The maximum atomic E-state index is 13.8. The van der Waals surface area contributed by atoms with Crippen LogP contribution in [-0.4, -0.2) is 66.3 Å². The molecule has 10 nitrogen and oxygen atoms in total. The Hall–Kier alpha value is -2.65. The first-order valence-corrected chi connectivity index (χ1v) is 12.8. The Labute approximate surface area is 206 Å². The summed E-state index contributed by atoms with van der Waals surface area (Å²) in [6.45, 7) is 4.57. The van der Waals surface area contributed by atoms with Crippen LogP contribution in [0.2, 0.25) is 0 Å². The second-order valence-electron chi connectivity index (χ2n) is 11.4. The van der Waals surface area contributed by atoms with Gasteiger partial charge in [0.2, 0.25) is 17.6 Å². The van der Waals surface area contributed by atoms with Gasteiger partial charge in [-0.05, 0) is 48.3 Å². The average Bonchev–Trinajstić information content (AvgIpc) is 3.68. The van der Waals surface area contributed by atoms with E-state index in [1.54, 1.807) is 4.90 Å². The van der Waals surface area contributed by atoms with E-state index in [4.69, 9.17) is 10.5 Å². The number of rotatable bonds is 9. The maximum absolute atomic E-state index is 13.8. The Kier molecular flexibility index (Phi) is 7.11. The number of carbonyl (C=O) groups is 5. The number of Topliss-reactive ketones (excluding diaryl/α,β-unsaturated/α-hetero) is 1. The topological polar surface area (TPSA) is 148 Å². The molecule has 1 aliphatic heterocycles. The zero-order valence-corrected chi connectivity index (χ0v) is 20.9. The number of primary amides is 1. The molecule has 1 heterocycles. The Morgan fingerprint density at radius 1 is 1.03 bits per heavy atom. The summed E-state index contributed by atoms with van der Waals surface area (Å²) in [7, 11) is 1.26. The third kappa shape index (κ3) is 5.16. The van der Waals surface area contributed by atoms with Crippen molar-refractivity contribution < 1.29 is 28.7 Å². The molecule has 5 atom stereocenters. The van der Waals surface area contributed by atoms with E-state index >= 15 is 0 Å². The highest BCUT2D eigenvalue weighted by Gasteiger charge is 2.69. The van der Waals surface area contributed by atoms with Crippen LogP contribution in [0.5, 0.6) is 0 Å². The number of nitrogens with zero attached hydrogens (tertiary/aromatic N) is 1. The van der Waals surface area contributed by atoms with E-state index < -0.39 is 41.8 Å². The fraction of sp³-hybridized carbons (Fsp3) is 0.800. The lowest BCUT2D eigenvalue weighted by molar-refractivity contribution is -0.144. The molecule has 3 aliphatic carbocycles. The van der Waals surface area contributed by atoms with E-state index in [2.05, 4.69) is 24.5 Å². The minimum atomic E-state index is -1.07. The summed E-state index contributed by atoms with van der Waals surface area (Å²) in [5.41, 5.74) is 5.13. The molecule has 10 heteroatoms. The van der Waals surface area contributed by atoms with Gasteiger partial charge in [0.1, 0.15) is 12.1 Å². The van der Waals surface area contributed by atoms with Crippen molar-refractivity contribution in [3.63, 3.8) is 0 Å². The fourth-order valence-corrected chi connectivity index (χ4v) is 6.37. The van der Waals surface area contributed by atoms with Crippen LogP contribution in [0.3, 0.4) is 0 Å². The van der Waals surface area contributed by atoms with Crippen LogP contribution >= 0.6 is 0 Å². The Morgan fingerprint density at radius 3 is 2.26 bits per heavy atom. The molecule has 5 unspecified atom stereocenters. The van der Waals surface area contributed by atoms with Crippen molar-refractivity contribution in [2.45, 2.75) is 83.3 Å². The molecule has 4 fully saturated rings. The van der Waals surface area contributed by atoms with E-state index in [0.717, 1.165) is 44.9 Å². The predicted octanol–water partition coefficient (Wildman–Crippen LogP) is 1.11. The van der Waals surface area contributed by atoms with Gasteiger partial charge in [0.15, 0.2) is 0 Å². The second kappa shape index (κ2) is 9.78. The van der Waals surface area contributed by atoms with Gasteiger partial charge in [-0.25, -0.2) is 4.79 Å². The lowest BCUT2D eigenvalue weighted by atomic mass is 9.83. The molecule has 3 saturated carbocycles. The summed E-state index contributed by atoms with van der Waals surface area (Å²) in [4.78, 5) is 65.1. The average molecular weight is 491 g/mol. The lowest BCUT2D eigenvalue weighted by Crippen LogP contribution is -2.59. The molecular formula is C25H38N4O6. The number of amides is 4. The Bertz CT molecular complexity index is 894. The molecule has 0 radical (unpaired) electrons. The van der Waals surface area contributed by atoms with Gasteiger partial charge in [-0.3, -0.25) is 19.2 Å². The van der Waals surface area contributed by atoms with Crippen molar-refractivity contribution in [2.75, 3.05) is 13.7 Å². The molecule has 35 heavy (non-hydrogen) atoms. The van der Waals surface area contributed by atoms with Gasteiger partial charge < -0.3 is 26.0 Å². The van der Waals surface area contributed by atoms with Crippen LogP contribution in [0.25, 0.3) is 0 Å². The van der Waals surface area contributed by atoms with E-state index in [0.29, 0.717) is 13.0 Å². The van der Waals surface area contributed by atoms with Gasteiger partial charge in [0, 0.05) is 6.54 Å². The number of ether oxygens (including phenoxy) is 1. The molecule has 4 aliphatic rings. The van der Waals surface area contributed by atoms with Crippen LogP contribution in [0, 0.1) is 29.1 Å². The number of ketones is 1. The van der Waals surface area contributed by atoms with Crippen molar-refractivity contribution in [1.29, 1.82) is 0 Å². The van der Waals surface area contributed by atoms with Gasteiger partial charge in [-0.1, -0.05) is 46.0 Å². The lowest BCUT2D eigenvalue weighted by Gasteiger charge is -2.37. The van der Waals surface area contributed by atoms with Crippen LogP contribution in [0.1, 0.15) is 65.2 Å². The number of piperidine rings is 1. The van der Waals surface area contributed by atoms with E-state index in [1.165, 1.54) is 7.11 Å². The van der Waals surface area contributed by atoms with Crippen LogP contribution < -0.4 is 16.4 Å². The number of methoxy groups -OCH3 is 1. The van der Waals surface area contributed by atoms with Crippen LogP contribution in [0.4, 0.5) is 4.79 Å². The molecule has 1 saturated heterocycles. The Morgan fingerprint density at radius 2 is 1.69 bits per heavy atom. The monoisotopic (exact) mass is 490 g/mol. The number of fused-ring (bicyclic) bond motifs is 1. The number of carbonyl (C=O) groups excluding carboxylic acids is 5. The van der Waals surface area contributed by atoms with E-state index in [-0.39, 0.29) is 35.0 Å². The Balaban J connectivity index is 1.55. The number of hydrogen-bond donors (Lipinski definition) is 3. The van der Waals surface area contributed by atoms with Crippen molar-refractivity contribution >= 4 is 29.6 Å². The fourth-order valence-electron chi connectivity index (χ4n) is 6.37. The van der Waals surface area contributed by atoms with Crippen molar-refractivity contribution in [3.05, 3.63) is 0 Å². The van der Waals surface area contributed by atoms with Gasteiger partial charge in [0.25, 0.3) is 5.91 Å². The van der Waals surface area contributed by atoms with Crippen molar-refractivity contribution in [3.8, 4) is 0 Å². The molecule has 4 rings (SSSR count). The zero-order chi connectivity index (χ0) is 25.5. The summed E-state index contributed by atoms with van der Waals surface area (Å²) in [5.74, 6) is -2.23. The molecule has 0 aromatic carbocycles. The number of nitrogens with one attached hydrogen (secondary N) is 2. The molecule has 0 bridgehead atoms. The summed E-state index contributed by atoms with van der Waals surface area (Å²) >= 11 is 0. The van der Waals surface area contributed by atoms with Gasteiger partial charge in [0.05, 0.1) is 13.2 Å². The molecular weight excluding hydrogens is 452 g/mol. The van der Waals surface area contributed by atoms with Gasteiger partial charge >= 0.3 is 6.09 Å². The summed E-state index contributed by atoms with van der Waals surface area (Å²) < 4.78 is 4.78. The summed E-state index contributed by atoms with van der Waals surface area (Å²) in [6.07, 6.45) is 6.31. The zero-order valence-electron chi connectivity index (χ0n) is 20.9. The van der Waals surface area contributed by atoms with Crippen LogP contribution in [0.15, 0.2) is 0 Å². The number of hydrogen-bond acceptors (Lipinski definition) is 6. The highest BCUT2D eigenvalue weighted by Crippen LogP contribution is 2.65. The number of alkyl carbamates (subject to hydrolysis) is 1. The first-order valence-electron chi connectivity index (χ1n) is 12.8. The molecule has 0 aromatic rings. The molecule has 4 amide bonds. The second-order valence-corrected chi connectivity index (χ2v) is 11.4. The smallest absolute Gasteiger partial charge is 0.407 e. The highest BCUT2D eigenvalue weighted by atomic mass is 16.5. The highest BCUT2D eigenvalue weighted by molar-refractivity contribution is 6.37. The molecule has 0 aromatic heterocycles. The van der Waals surface area contributed by atoms with E-state index in [9.17, 15) is 24.0 Å². The third-order valence-electron chi connectivity index (χ3n) is 8.75. The summed E-state index contributed by atoms with van der Waals surface area (Å²) in [6, 6.07) is -2.52. The largest absolute Gasteiger partial charge is 0.453 e. The maximum Gasteiger partial charge on any atom is 0.407 e. The van der Waals surface area contributed by atoms with Crippen LogP contribution in [-0.2, 0) is 23.9 Å². The predicted molar refractivity (Wildman–Crippen MR) is 126 cm³/mol. The molecule has 0 spiro atoms.